The van der Waals surface area contributed by atoms with Gasteiger partial charge in [0.05, 0.1) is 12.2 Å². The first-order valence-electron chi connectivity index (χ1n) is 10.6. The minimum Gasteiger partial charge on any atom is -0.352 e. The van der Waals surface area contributed by atoms with E-state index in [2.05, 4.69) is 29.9 Å². The SMILES string of the molecule is CN=C(NCc1cn2c(C)cccc2n1)NC1CCCN(Cc2c(F)cccc2F)C1. The number of fused-ring (bicyclic) bond motifs is 1. The van der Waals surface area contributed by atoms with Crippen molar-refractivity contribution in [2.45, 2.75) is 38.9 Å². The van der Waals surface area contributed by atoms with Crippen LogP contribution in [0.1, 0.15) is 29.8 Å². The zero-order valence-corrected chi connectivity index (χ0v) is 17.9. The van der Waals surface area contributed by atoms with Crippen molar-refractivity contribution in [3.63, 3.8) is 0 Å². The molecule has 31 heavy (non-hydrogen) atoms. The lowest BCUT2D eigenvalue weighted by Crippen LogP contribution is -2.50. The predicted molar refractivity (Wildman–Crippen MR) is 118 cm³/mol. The number of imidazole rings is 1. The van der Waals surface area contributed by atoms with Gasteiger partial charge in [0.25, 0.3) is 0 Å². The molecule has 1 aromatic carbocycles. The van der Waals surface area contributed by atoms with Gasteiger partial charge in [-0.05, 0) is 50.6 Å². The Morgan fingerprint density at radius 1 is 1.19 bits per heavy atom. The lowest BCUT2D eigenvalue weighted by molar-refractivity contribution is 0.188. The quantitative estimate of drug-likeness (QED) is 0.486. The largest absolute Gasteiger partial charge is 0.352 e. The molecule has 6 nitrogen and oxygen atoms in total. The summed E-state index contributed by atoms with van der Waals surface area (Å²) < 4.78 is 30.1. The number of pyridine rings is 1. The van der Waals surface area contributed by atoms with Gasteiger partial charge in [0.15, 0.2) is 5.96 Å². The summed E-state index contributed by atoms with van der Waals surface area (Å²) in [7, 11) is 1.73. The highest BCUT2D eigenvalue weighted by atomic mass is 19.1. The van der Waals surface area contributed by atoms with Gasteiger partial charge >= 0.3 is 0 Å². The monoisotopic (exact) mass is 426 g/mol. The average Bonchev–Trinajstić information content (AvgIpc) is 3.19. The second-order valence-corrected chi connectivity index (χ2v) is 7.97. The lowest BCUT2D eigenvalue weighted by Gasteiger charge is -2.34. The van der Waals surface area contributed by atoms with Gasteiger partial charge in [-0.15, -0.1) is 0 Å². The summed E-state index contributed by atoms with van der Waals surface area (Å²) in [6.45, 7) is 4.38. The number of benzene rings is 1. The molecule has 1 aliphatic rings. The van der Waals surface area contributed by atoms with E-state index in [-0.39, 0.29) is 18.2 Å². The van der Waals surface area contributed by atoms with E-state index in [1.165, 1.54) is 18.2 Å². The Balaban J connectivity index is 1.34. The van der Waals surface area contributed by atoms with E-state index in [4.69, 9.17) is 0 Å². The molecule has 0 bridgehead atoms. The fourth-order valence-corrected chi connectivity index (χ4v) is 4.07. The molecule has 3 heterocycles. The summed E-state index contributed by atoms with van der Waals surface area (Å²) >= 11 is 0. The van der Waals surface area contributed by atoms with Crippen LogP contribution >= 0.6 is 0 Å². The molecule has 1 saturated heterocycles. The fraction of sp³-hybridized carbons (Fsp3) is 0.391. The number of halogens is 2. The normalized spacial score (nSPS) is 17.8. The topological polar surface area (TPSA) is 57.0 Å². The summed E-state index contributed by atoms with van der Waals surface area (Å²) in [5.41, 5.74) is 3.11. The van der Waals surface area contributed by atoms with E-state index in [0.29, 0.717) is 19.0 Å². The molecule has 1 aliphatic heterocycles. The first-order chi connectivity index (χ1) is 15.0. The minimum atomic E-state index is -0.491. The van der Waals surface area contributed by atoms with Gasteiger partial charge < -0.3 is 15.0 Å². The molecule has 164 valence electrons. The Labute approximate surface area is 181 Å². The lowest BCUT2D eigenvalue weighted by atomic mass is 10.0. The Kier molecular flexibility index (Phi) is 6.46. The van der Waals surface area contributed by atoms with Crippen molar-refractivity contribution in [2.75, 3.05) is 20.1 Å². The van der Waals surface area contributed by atoms with Crippen LogP contribution in [0, 0.1) is 18.6 Å². The summed E-state index contributed by atoms with van der Waals surface area (Å²) in [5, 5.41) is 6.76. The van der Waals surface area contributed by atoms with Crippen molar-refractivity contribution in [1.82, 2.24) is 24.9 Å². The van der Waals surface area contributed by atoms with Crippen molar-refractivity contribution < 1.29 is 8.78 Å². The number of hydrogen-bond donors (Lipinski definition) is 2. The number of rotatable bonds is 5. The van der Waals surface area contributed by atoms with Crippen LogP contribution in [0.4, 0.5) is 8.78 Å². The van der Waals surface area contributed by atoms with Crippen molar-refractivity contribution in [3.05, 3.63) is 71.2 Å². The van der Waals surface area contributed by atoms with Crippen LogP contribution in [-0.4, -0.2) is 46.4 Å². The van der Waals surface area contributed by atoms with Crippen LogP contribution in [0.3, 0.4) is 0 Å². The van der Waals surface area contributed by atoms with E-state index in [1.54, 1.807) is 7.05 Å². The number of hydrogen-bond acceptors (Lipinski definition) is 3. The van der Waals surface area contributed by atoms with Crippen LogP contribution in [0.2, 0.25) is 0 Å². The van der Waals surface area contributed by atoms with E-state index in [1.807, 2.05) is 31.3 Å². The third kappa shape index (κ3) is 5.02. The van der Waals surface area contributed by atoms with Crippen molar-refractivity contribution >= 4 is 11.6 Å². The summed E-state index contributed by atoms with van der Waals surface area (Å²) in [4.78, 5) is 11.1. The number of likely N-dealkylation sites (tertiary alicyclic amines) is 1. The van der Waals surface area contributed by atoms with Crippen LogP contribution in [-0.2, 0) is 13.1 Å². The van der Waals surface area contributed by atoms with Gasteiger partial charge in [-0.2, -0.15) is 0 Å². The first-order valence-corrected chi connectivity index (χ1v) is 10.6. The number of piperidine rings is 1. The second-order valence-electron chi connectivity index (χ2n) is 7.97. The Hall–Kier alpha value is -3.00. The third-order valence-electron chi connectivity index (χ3n) is 5.70. The molecule has 8 heteroatoms. The number of guanidine groups is 1. The van der Waals surface area contributed by atoms with Crippen LogP contribution in [0.5, 0.6) is 0 Å². The Morgan fingerprint density at radius 2 is 1.97 bits per heavy atom. The Morgan fingerprint density at radius 3 is 2.71 bits per heavy atom. The molecule has 2 N–H and O–H groups in total. The summed E-state index contributed by atoms with van der Waals surface area (Å²) in [5.74, 6) is -0.289. The molecule has 0 aliphatic carbocycles. The minimum absolute atomic E-state index is 0.132. The van der Waals surface area contributed by atoms with Crippen molar-refractivity contribution in [3.8, 4) is 0 Å². The van der Waals surface area contributed by atoms with Gasteiger partial charge in [-0.1, -0.05) is 12.1 Å². The van der Waals surface area contributed by atoms with Crippen LogP contribution in [0.15, 0.2) is 47.6 Å². The maximum atomic E-state index is 14.0. The first kappa shape index (κ1) is 21.2. The third-order valence-corrected chi connectivity index (χ3v) is 5.70. The standard InChI is InChI=1S/C23H28F2N6/c1-16-6-3-10-22-28-18(14-31(16)22)12-27-23(26-2)29-17-7-5-11-30(13-17)15-19-20(24)8-4-9-21(19)25/h3-4,6,8-10,14,17H,5,7,11-13,15H2,1-2H3,(H2,26,27,29). The van der Waals surface area contributed by atoms with E-state index < -0.39 is 11.6 Å². The molecule has 0 spiro atoms. The van der Waals surface area contributed by atoms with Gasteiger partial charge in [0.2, 0.25) is 0 Å². The van der Waals surface area contributed by atoms with Crippen LogP contribution in [0.25, 0.3) is 5.65 Å². The molecule has 1 fully saturated rings. The predicted octanol–water partition coefficient (Wildman–Crippen LogP) is 3.25. The maximum absolute atomic E-state index is 14.0. The summed E-state index contributed by atoms with van der Waals surface area (Å²) in [6.07, 6.45) is 3.96. The molecule has 3 aromatic rings. The fourth-order valence-electron chi connectivity index (χ4n) is 4.07. The zero-order valence-electron chi connectivity index (χ0n) is 17.9. The molecule has 0 radical (unpaired) electrons. The van der Waals surface area contributed by atoms with E-state index in [9.17, 15) is 8.78 Å². The number of aryl methyl sites for hydroxylation is 1. The molecule has 0 amide bonds. The molecular formula is C23H28F2N6. The molecular weight excluding hydrogens is 398 g/mol. The molecule has 0 saturated carbocycles. The zero-order chi connectivity index (χ0) is 21.8. The van der Waals surface area contributed by atoms with Gasteiger partial charge in [-0.3, -0.25) is 9.89 Å². The van der Waals surface area contributed by atoms with Gasteiger partial charge in [0, 0.05) is 43.6 Å². The van der Waals surface area contributed by atoms with Crippen molar-refractivity contribution in [1.29, 1.82) is 0 Å². The van der Waals surface area contributed by atoms with Gasteiger partial charge in [-0.25, -0.2) is 13.8 Å². The number of aromatic nitrogens is 2. The molecule has 4 rings (SSSR count). The highest BCUT2D eigenvalue weighted by Gasteiger charge is 2.22. The molecule has 1 atom stereocenters. The van der Waals surface area contributed by atoms with Gasteiger partial charge in [0.1, 0.15) is 17.3 Å². The summed E-state index contributed by atoms with van der Waals surface area (Å²) in [6, 6.07) is 10.2. The molecule has 1 unspecified atom stereocenters. The van der Waals surface area contributed by atoms with E-state index >= 15 is 0 Å². The number of aliphatic imine (C=N–C) groups is 1. The van der Waals surface area contributed by atoms with E-state index in [0.717, 1.165) is 36.4 Å². The molecule has 2 aromatic heterocycles. The van der Waals surface area contributed by atoms with Crippen LogP contribution < -0.4 is 10.6 Å². The maximum Gasteiger partial charge on any atom is 0.191 e. The Bertz CT molecular complexity index is 1060. The highest BCUT2D eigenvalue weighted by molar-refractivity contribution is 5.80. The highest BCUT2D eigenvalue weighted by Crippen LogP contribution is 2.18. The number of nitrogens with one attached hydrogen (secondary N) is 2. The number of nitrogens with zero attached hydrogens (tertiary/aromatic N) is 4. The second kappa shape index (κ2) is 9.43. The smallest absolute Gasteiger partial charge is 0.191 e. The van der Waals surface area contributed by atoms with Crippen molar-refractivity contribution in [2.24, 2.45) is 4.99 Å². The average molecular weight is 427 g/mol.